The summed E-state index contributed by atoms with van der Waals surface area (Å²) in [5, 5.41) is 0. The van der Waals surface area contributed by atoms with Crippen molar-refractivity contribution >= 4 is 15.9 Å². The van der Waals surface area contributed by atoms with Crippen LogP contribution in [-0.4, -0.2) is 19.8 Å². The average Bonchev–Trinajstić information content (AvgIpc) is 2.26. The molecule has 1 aliphatic rings. The van der Waals surface area contributed by atoms with Crippen molar-refractivity contribution in [2.75, 3.05) is 19.8 Å². The van der Waals surface area contributed by atoms with Gasteiger partial charge in [0.15, 0.2) is 11.5 Å². The molecule has 0 saturated heterocycles. The third kappa shape index (κ3) is 2.42. The van der Waals surface area contributed by atoms with Gasteiger partial charge in [-0.15, -0.1) is 0 Å². The molecule has 15 heavy (non-hydrogen) atoms. The van der Waals surface area contributed by atoms with E-state index in [4.69, 9.17) is 15.4 Å². The third-order valence-electron chi connectivity index (χ3n) is 2.20. The Bertz CT molecular complexity index is 357. The number of halogens is 1. The average molecular weight is 274 g/mol. The van der Waals surface area contributed by atoms with Crippen molar-refractivity contribution in [1.82, 2.24) is 0 Å². The Morgan fingerprint density at radius 1 is 1.27 bits per heavy atom. The van der Waals surface area contributed by atoms with E-state index in [2.05, 4.69) is 20.8 Å². The van der Waals surface area contributed by atoms with Crippen molar-refractivity contribution in [2.24, 2.45) is 5.90 Å². The molecule has 0 fully saturated rings. The molecule has 0 unspecified atom stereocenters. The summed E-state index contributed by atoms with van der Waals surface area (Å²) >= 11 is 3.47. The summed E-state index contributed by atoms with van der Waals surface area (Å²) in [4.78, 5) is 4.55. The number of rotatable bonds is 3. The number of ether oxygens (including phenoxy) is 2. The van der Waals surface area contributed by atoms with Gasteiger partial charge in [-0.3, -0.25) is 0 Å². The number of hydrogen-bond donors (Lipinski definition) is 1. The largest absolute Gasteiger partial charge is 0.486 e. The highest BCUT2D eigenvalue weighted by atomic mass is 79.9. The molecule has 1 aliphatic heterocycles. The number of hydrogen-bond acceptors (Lipinski definition) is 4. The first-order valence-electron chi connectivity index (χ1n) is 4.71. The van der Waals surface area contributed by atoms with Crippen LogP contribution in [0.2, 0.25) is 0 Å². The van der Waals surface area contributed by atoms with Crippen molar-refractivity contribution in [3.63, 3.8) is 0 Å². The highest BCUT2D eigenvalue weighted by molar-refractivity contribution is 9.10. The SMILES string of the molecule is NOCCc1cc2c(cc1Br)OCCO2. The molecule has 2 N–H and O–H groups in total. The van der Waals surface area contributed by atoms with Crippen molar-refractivity contribution < 1.29 is 14.3 Å². The first-order valence-corrected chi connectivity index (χ1v) is 5.50. The van der Waals surface area contributed by atoms with Gasteiger partial charge < -0.3 is 14.3 Å². The van der Waals surface area contributed by atoms with Gasteiger partial charge >= 0.3 is 0 Å². The lowest BCUT2D eigenvalue weighted by Gasteiger charge is -2.19. The minimum Gasteiger partial charge on any atom is -0.486 e. The minimum atomic E-state index is 0.484. The van der Waals surface area contributed by atoms with Gasteiger partial charge in [0.1, 0.15) is 13.2 Å². The van der Waals surface area contributed by atoms with Crippen molar-refractivity contribution in [2.45, 2.75) is 6.42 Å². The quantitative estimate of drug-likeness (QED) is 0.851. The van der Waals surface area contributed by atoms with E-state index >= 15 is 0 Å². The molecule has 0 radical (unpaired) electrons. The van der Waals surface area contributed by atoms with Gasteiger partial charge in [0.2, 0.25) is 0 Å². The third-order valence-corrected chi connectivity index (χ3v) is 2.94. The predicted octanol–water partition coefficient (Wildman–Crippen LogP) is 1.65. The Labute approximate surface area is 96.4 Å². The fourth-order valence-electron chi connectivity index (χ4n) is 1.47. The lowest BCUT2D eigenvalue weighted by Crippen LogP contribution is -2.15. The molecule has 82 valence electrons. The van der Waals surface area contributed by atoms with Gasteiger partial charge in [-0.05, 0) is 24.1 Å². The van der Waals surface area contributed by atoms with Crippen LogP contribution in [0.15, 0.2) is 16.6 Å². The van der Waals surface area contributed by atoms with Gasteiger partial charge in [-0.2, -0.15) is 0 Å². The molecule has 0 saturated carbocycles. The second-order valence-corrected chi connectivity index (χ2v) is 4.06. The molecule has 2 rings (SSSR count). The lowest BCUT2D eigenvalue weighted by molar-refractivity contribution is 0.140. The normalized spacial score (nSPS) is 14.0. The zero-order valence-electron chi connectivity index (χ0n) is 8.16. The van der Waals surface area contributed by atoms with E-state index in [1.807, 2.05) is 12.1 Å². The van der Waals surface area contributed by atoms with E-state index in [9.17, 15) is 0 Å². The summed E-state index contributed by atoms with van der Waals surface area (Å²) < 4.78 is 11.9. The number of benzene rings is 1. The van der Waals surface area contributed by atoms with Crippen LogP contribution in [0.25, 0.3) is 0 Å². The molecule has 1 heterocycles. The van der Waals surface area contributed by atoms with Crippen LogP contribution in [0.4, 0.5) is 0 Å². The zero-order chi connectivity index (χ0) is 10.7. The molecule has 4 nitrogen and oxygen atoms in total. The highest BCUT2D eigenvalue weighted by Crippen LogP contribution is 2.35. The van der Waals surface area contributed by atoms with Crippen LogP contribution in [0.3, 0.4) is 0 Å². The molecule has 0 aliphatic carbocycles. The van der Waals surface area contributed by atoms with E-state index in [0.717, 1.165) is 28.0 Å². The molecule has 0 amide bonds. The fraction of sp³-hybridized carbons (Fsp3) is 0.400. The van der Waals surface area contributed by atoms with Crippen LogP contribution in [0, 0.1) is 0 Å². The Morgan fingerprint density at radius 3 is 2.60 bits per heavy atom. The van der Waals surface area contributed by atoms with Gasteiger partial charge in [0.25, 0.3) is 0 Å². The lowest BCUT2D eigenvalue weighted by atomic mass is 10.1. The summed E-state index contributed by atoms with van der Waals surface area (Å²) in [7, 11) is 0. The Balaban J connectivity index is 2.24. The highest BCUT2D eigenvalue weighted by Gasteiger charge is 2.14. The minimum absolute atomic E-state index is 0.484. The second-order valence-electron chi connectivity index (χ2n) is 3.21. The van der Waals surface area contributed by atoms with E-state index in [0.29, 0.717) is 19.8 Å². The van der Waals surface area contributed by atoms with Gasteiger partial charge in [0, 0.05) is 4.47 Å². The number of fused-ring (bicyclic) bond motifs is 1. The Kier molecular flexibility index (Phi) is 3.45. The standard InChI is InChI=1S/C10H12BrNO3/c11-8-6-10-9(13-3-4-14-10)5-7(8)1-2-15-12/h5-6H,1-4,12H2. The molecule has 0 atom stereocenters. The van der Waals surface area contributed by atoms with Crippen molar-refractivity contribution in [1.29, 1.82) is 0 Å². The van der Waals surface area contributed by atoms with Crippen LogP contribution < -0.4 is 15.4 Å². The van der Waals surface area contributed by atoms with Crippen molar-refractivity contribution in [3.8, 4) is 11.5 Å². The monoisotopic (exact) mass is 273 g/mol. The molecule has 1 aromatic rings. The topological polar surface area (TPSA) is 53.7 Å². The van der Waals surface area contributed by atoms with E-state index in [1.165, 1.54) is 0 Å². The molecule has 1 aromatic carbocycles. The van der Waals surface area contributed by atoms with Crippen molar-refractivity contribution in [3.05, 3.63) is 22.2 Å². The Morgan fingerprint density at radius 2 is 1.93 bits per heavy atom. The second kappa shape index (κ2) is 4.83. The molecule has 0 aromatic heterocycles. The molecule has 5 heteroatoms. The maximum absolute atomic E-state index is 5.48. The summed E-state index contributed by atoms with van der Waals surface area (Å²) in [5.41, 5.74) is 1.10. The smallest absolute Gasteiger partial charge is 0.162 e. The predicted molar refractivity (Wildman–Crippen MR) is 59.0 cm³/mol. The molecule has 0 spiro atoms. The summed E-state index contributed by atoms with van der Waals surface area (Å²) in [6.45, 7) is 1.68. The first kappa shape index (κ1) is 10.7. The zero-order valence-corrected chi connectivity index (χ0v) is 9.75. The van der Waals surface area contributed by atoms with E-state index in [-0.39, 0.29) is 0 Å². The fourth-order valence-corrected chi connectivity index (χ4v) is 1.99. The van der Waals surface area contributed by atoms with Gasteiger partial charge in [0.05, 0.1) is 6.61 Å². The van der Waals surface area contributed by atoms with Crippen LogP contribution >= 0.6 is 15.9 Å². The number of nitrogens with two attached hydrogens (primary N) is 1. The molecular formula is C10H12BrNO3. The van der Waals surface area contributed by atoms with E-state index < -0.39 is 0 Å². The molecular weight excluding hydrogens is 262 g/mol. The van der Waals surface area contributed by atoms with E-state index in [1.54, 1.807) is 0 Å². The first-order chi connectivity index (χ1) is 7.31. The van der Waals surface area contributed by atoms with Crippen LogP contribution in [0.1, 0.15) is 5.56 Å². The summed E-state index contributed by atoms with van der Waals surface area (Å²) in [6, 6.07) is 3.87. The summed E-state index contributed by atoms with van der Waals surface area (Å²) in [5.74, 6) is 6.56. The maximum Gasteiger partial charge on any atom is 0.162 e. The summed E-state index contributed by atoms with van der Waals surface area (Å²) in [6.07, 6.45) is 0.744. The Hall–Kier alpha value is -0.780. The van der Waals surface area contributed by atoms with Gasteiger partial charge in [-0.25, -0.2) is 5.90 Å². The molecule has 0 bridgehead atoms. The van der Waals surface area contributed by atoms with Gasteiger partial charge in [-0.1, -0.05) is 15.9 Å². The maximum atomic E-state index is 5.48. The van der Waals surface area contributed by atoms with Crippen LogP contribution in [0.5, 0.6) is 11.5 Å². The van der Waals surface area contributed by atoms with Crippen LogP contribution in [-0.2, 0) is 11.3 Å².